The molecule has 0 bridgehead atoms. The van der Waals surface area contributed by atoms with Gasteiger partial charge in [0.05, 0.1) is 0 Å². The average Bonchev–Trinajstić information content (AvgIpc) is 2.15. The maximum atomic E-state index is 10.1. The Morgan fingerprint density at radius 1 is 0.812 bits per heavy atom. The lowest BCUT2D eigenvalue weighted by Gasteiger charge is -2.20. The largest absolute Gasteiger partial charge is 0.508 e. The van der Waals surface area contributed by atoms with Crippen molar-refractivity contribution in [2.24, 2.45) is 0 Å². The summed E-state index contributed by atoms with van der Waals surface area (Å²) in [5, 5.41) is 10.1. The van der Waals surface area contributed by atoms with Gasteiger partial charge in [0.25, 0.3) is 0 Å². The number of rotatable bonds is 3. The van der Waals surface area contributed by atoms with Crippen LogP contribution in [-0.2, 0) is 0 Å². The summed E-state index contributed by atoms with van der Waals surface area (Å²) in [7, 11) is 0. The predicted octanol–water partition coefficient (Wildman–Crippen LogP) is 4.76. The third-order valence-corrected chi connectivity index (χ3v) is 3.08. The van der Waals surface area contributed by atoms with Crippen LogP contribution in [0.4, 0.5) is 0 Å². The Kier molecular flexibility index (Phi) is 4.01. The zero-order valence-electron chi connectivity index (χ0n) is 11.3. The van der Waals surface area contributed by atoms with Crippen LogP contribution in [0.1, 0.15) is 76.0 Å². The number of phenolic OH excluding ortho intramolecular Hbond substituents is 1. The van der Waals surface area contributed by atoms with E-state index in [0.29, 0.717) is 23.5 Å². The monoisotopic (exact) mass is 220 g/mol. The van der Waals surface area contributed by atoms with Crippen LogP contribution in [-0.4, -0.2) is 5.11 Å². The van der Waals surface area contributed by atoms with Crippen LogP contribution in [0.15, 0.2) is 12.1 Å². The molecule has 0 unspecified atom stereocenters. The molecule has 90 valence electrons. The Labute approximate surface area is 99.5 Å². The van der Waals surface area contributed by atoms with Gasteiger partial charge < -0.3 is 5.11 Å². The average molecular weight is 220 g/mol. The van der Waals surface area contributed by atoms with Gasteiger partial charge >= 0.3 is 0 Å². The zero-order valence-corrected chi connectivity index (χ0v) is 11.3. The Hall–Kier alpha value is -0.980. The van der Waals surface area contributed by atoms with Crippen LogP contribution < -0.4 is 0 Å². The number of phenols is 1. The number of aromatic hydroxyl groups is 1. The van der Waals surface area contributed by atoms with Gasteiger partial charge in [0, 0.05) is 0 Å². The summed E-state index contributed by atoms with van der Waals surface area (Å²) in [6.45, 7) is 13.0. The quantitative estimate of drug-likeness (QED) is 0.778. The second kappa shape index (κ2) is 4.90. The van der Waals surface area contributed by atoms with E-state index in [-0.39, 0.29) is 0 Å². The smallest absolute Gasteiger partial charge is 0.119 e. The first kappa shape index (κ1) is 13.1. The minimum absolute atomic E-state index is 0.374. The molecule has 0 heterocycles. The molecule has 1 nitrogen and oxygen atoms in total. The fourth-order valence-electron chi connectivity index (χ4n) is 2.12. The second-order valence-electron chi connectivity index (χ2n) is 5.51. The Morgan fingerprint density at radius 3 is 1.75 bits per heavy atom. The highest BCUT2D eigenvalue weighted by atomic mass is 16.3. The maximum absolute atomic E-state index is 10.1. The standard InChI is InChI=1S/C15H24O/c1-9(2)12-7-13(10(3)4)15(11(5)6)14(16)8-12/h7-11,16H,1-6H3. The van der Waals surface area contributed by atoms with Crippen molar-refractivity contribution < 1.29 is 5.11 Å². The van der Waals surface area contributed by atoms with Gasteiger partial charge in [-0.15, -0.1) is 0 Å². The van der Waals surface area contributed by atoms with Gasteiger partial charge in [0.2, 0.25) is 0 Å². The maximum Gasteiger partial charge on any atom is 0.119 e. The minimum atomic E-state index is 0.374. The molecule has 0 aliphatic rings. The van der Waals surface area contributed by atoms with Crippen LogP contribution in [0.5, 0.6) is 5.75 Å². The predicted molar refractivity (Wildman–Crippen MR) is 70.4 cm³/mol. The summed E-state index contributed by atoms with van der Waals surface area (Å²) in [4.78, 5) is 0. The van der Waals surface area contributed by atoms with E-state index in [1.165, 1.54) is 11.1 Å². The van der Waals surface area contributed by atoms with Gasteiger partial charge in [0.15, 0.2) is 0 Å². The zero-order chi connectivity index (χ0) is 12.5. The van der Waals surface area contributed by atoms with Crippen LogP contribution in [0.25, 0.3) is 0 Å². The van der Waals surface area contributed by atoms with Crippen LogP contribution >= 0.6 is 0 Å². The molecule has 16 heavy (non-hydrogen) atoms. The first-order valence-corrected chi connectivity index (χ1v) is 6.21. The van der Waals surface area contributed by atoms with E-state index >= 15 is 0 Å². The molecule has 0 atom stereocenters. The first-order valence-electron chi connectivity index (χ1n) is 6.21. The topological polar surface area (TPSA) is 20.2 Å². The Morgan fingerprint density at radius 2 is 1.38 bits per heavy atom. The molecule has 0 aromatic heterocycles. The highest BCUT2D eigenvalue weighted by molar-refractivity contribution is 5.47. The van der Waals surface area contributed by atoms with E-state index in [9.17, 15) is 5.11 Å². The van der Waals surface area contributed by atoms with E-state index in [4.69, 9.17) is 0 Å². The molecule has 1 rings (SSSR count). The first-order chi connectivity index (χ1) is 7.34. The van der Waals surface area contributed by atoms with Crippen molar-refractivity contribution in [3.63, 3.8) is 0 Å². The normalized spacial score (nSPS) is 11.8. The van der Waals surface area contributed by atoms with Crippen molar-refractivity contribution >= 4 is 0 Å². The molecule has 0 radical (unpaired) electrons. The summed E-state index contributed by atoms with van der Waals surface area (Å²) in [5.41, 5.74) is 3.63. The number of hydrogen-bond acceptors (Lipinski definition) is 1. The molecule has 1 N–H and O–H groups in total. The third kappa shape index (κ3) is 2.58. The van der Waals surface area contributed by atoms with E-state index in [0.717, 1.165) is 5.56 Å². The molecule has 0 spiro atoms. The van der Waals surface area contributed by atoms with Gasteiger partial charge in [-0.2, -0.15) is 0 Å². The molecule has 0 aliphatic heterocycles. The molecule has 0 saturated heterocycles. The van der Waals surface area contributed by atoms with Gasteiger partial charge in [0.1, 0.15) is 5.75 Å². The molecule has 0 fully saturated rings. The Bertz CT molecular complexity index is 362. The minimum Gasteiger partial charge on any atom is -0.508 e. The van der Waals surface area contributed by atoms with E-state index in [1.54, 1.807) is 0 Å². The van der Waals surface area contributed by atoms with Gasteiger partial charge in [-0.25, -0.2) is 0 Å². The number of hydrogen-bond donors (Lipinski definition) is 1. The lowest BCUT2D eigenvalue weighted by molar-refractivity contribution is 0.461. The van der Waals surface area contributed by atoms with Gasteiger partial charge in [-0.05, 0) is 40.5 Å². The van der Waals surface area contributed by atoms with Gasteiger partial charge in [-0.3, -0.25) is 0 Å². The molecule has 1 heteroatoms. The third-order valence-electron chi connectivity index (χ3n) is 3.08. The van der Waals surface area contributed by atoms with E-state index in [2.05, 4.69) is 47.6 Å². The van der Waals surface area contributed by atoms with Crippen LogP contribution in [0.3, 0.4) is 0 Å². The Balaban J connectivity index is 3.39. The van der Waals surface area contributed by atoms with Crippen LogP contribution in [0, 0.1) is 0 Å². The molecule has 0 saturated carbocycles. The SMILES string of the molecule is CC(C)c1cc(O)c(C(C)C)c(C(C)C)c1. The number of benzene rings is 1. The second-order valence-corrected chi connectivity index (χ2v) is 5.51. The summed E-state index contributed by atoms with van der Waals surface area (Å²) in [6, 6.07) is 4.18. The summed E-state index contributed by atoms with van der Waals surface area (Å²) in [6.07, 6.45) is 0. The fraction of sp³-hybridized carbons (Fsp3) is 0.600. The highest BCUT2D eigenvalue weighted by Gasteiger charge is 2.16. The van der Waals surface area contributed by atoms with Gasteiger partial charge in [-0.1, -0.05) is 47.6 Å². The highest BCUT2D eigenvalue weighted by Crippen LogP contribution is 2.36. The lowest BCUT2D eigenvalue weighted by Crippen LogP contribution is -2.02. The lowest BCUT2D eigenvalue weighted by atomic mass is 9.86. The van der Waals surface area contributed by atoms with E-state index in [1.807, 2.05) is 6.07 Å². The van der Waals surface area contributed by atoms with Crippen LogP contribution in [0.2, 0.25) is 0 Å². The molecule has 0 aliphatic carbocycles. The summed E-state index contributed by atoms with van der Waals surface area (Å²) in [5.74, 6) is 1.76. The van der Waals surface area contributed by atoms with Crippen molar-refractivity contribution in [2.75, 3.05) is 0 Å². The van der Waals surface area contributed by atoms with Crippen molar-refractivity contribution in [3.05, 3.63) is 28.8 Å². The fourth-order valence-corrected chi connectivity index (χ4v) is 2.12. The molecule has 1 aromatic carbocycles. The summed E-state index contributed by atoms with van der Waals surface area (Å²) < 4.78 is 0. The molecule has 0 amide bonds. The molecular formula is C15H24O. The van der Waals surface area contributed by atoms with Crippen molar-refractivity contribution in [1.29, 1.82) is 0 Å². The summed E-state index contributed by atoms with van der Waals surface area (Å²) >= 11 is 0. The molecule has 1 aromatic rings. The van der Waals surface area contributed by atoms with Crippen molar-refractivity contribution in [3.8, 4) is 5.75 Å². The van der Waals surface area contributed by atoms with Crippen molar-refractivity contribution in [1.82, 2.24) is 0 Å². The van der Waals surface area contributed by atoms with E-state index < -0.39 is 0 Å². The molecular weight excluding hydrogens is 196 g/mol. The van der Waals surface area contributed by atoms with Crippen molar-refractivity contribution in [2.45, 2.75) is 59.3 Å².